The van der Waals surface area contributed by atoms with E-state index in [1.54, 1.807) is 18.5 Å². The Morgan fingerprint density at radius 3 is 2.50 bits per heavy atom. The Kier molecular flexibility index (Phi) is 4.99. The van der Waals surface area contributed by atoms with Crippen molar-refractivity contribution < 1.29 is 0 Å². The molecule has 24 heavy (non-hydrogen) atoms. The number of nitrogens with two attached hydrogens (primary N) is 1. The number of nitrogen functional groups attached to an aromatic ring is 1. The van der Waals surface area contributed by atoms with Crippen LogP contribution in [-0.2, 0) is 6.42 Å². The van der Waals surface area contributed by atoms with Crippen LogP contribution < -0.4 is 5.73 Å². The van der Waals surface area contributed by atoms with E-state index < -0.39 is 0 Å². The monoisotopic (exact) mass is 334 g/mol. The number of pyridine rings is 2. The van der Waals surface area contributed by atoms with E-state index in [1.165, 1.54) is 11.8 Å². The van der Waals surface area contributed by atoms with Gasteiger partial charge in [-0.25, -0.2) is 9.97 Å². The first kappa shape index (κ1) is 15.9. The highest BCUT2D eigenvalue weighted by atomic mass is 32.2. The summed E-state index contributed by atoms with van der Waals surface area (Å²) in [4.78, 5) is 17.0. The topological polar surface area (TPSA) is 101 Å². The minimum Gasteiger partial charge on any atom is -0.368 e. The standard InChI is InChI=1S/C17H14N6S/c18-11-13-15(14-6-2-4-9-21-14)22-17(19)23-16(13)24-10-7-12-5-1-3-8-20-12/h1-6,8-9H,7,10H2,(H2,19,22,23). The van der Waals surface area contributed by atoms with E-state index in [0.29, 0.717) is 22.0 Å². The number of hydrogen-bond donors (Lipinski definition) is 1. The van der Waals surface area contributed by atoms with E-state index in [1.807, 2.05) is 30.3 Å². The van der Waals surface area contributed by atoms with Crippen molar-refractivity contribution in [1.82, 2.24) is 19.9 Å². The molecule has 3 aromatic rings. The molecule has 0 saturated heterocycles. The molecular weight excluding hydrogens is 320 g/mol. The Hall–Kier alpha value is -2.98. The van der Waals surface area contributed by atoms with Crippen molar-refractivity contribution in [2.24, 2.45) is 0 Å². The molecule has 0 radical (unpaired) electrons. The summed E-state index contributed by atoms with van der Waals surface area (Å²) >= 11 is 1.47. The normalized spacial score (nSPS) is 10.3. The Morgan fingerprint density at radius 2 is 1.83 bits per heavy atom. The summed E-state index contributed by atoms with van der Waals surface area (Å²) in [7, 11) is 0. The molecule has 0 aliphatic heterocycles. The summed E-state index contributed by atoms with van der Waals surface area (Å²) in [6.45, 7) is 0. The second-order valence-corrected chi connectivity index (χ2v) is 5.94. The van der Waals surface area contributed by atoms with Gasteiger partial charge >= 0.3 is 0 Å². The Bertz CT molecular complexity index is 861. The Balaban J connectivity index is 1.85. The van der Waals surface area contributed by atoms with Gasteiger partial charge in [0, 0.05) is 23.8 Å². The maximum absolute atomic E-state index is 9.54. The highest BCUT2D eigenvalue weighted by molar-refractivity contribution is 7.99. The second-order valence-electron chi connectivity index (χ2n) is 4.86. The molecule has 0 atom stereocenters. The van der Waals surface area contributed by atoms with Crippen LogP contribution in [0.25, 0.3) is 11.4 Å². The maximum atomic E-state index is 9.54. The number of hydrogen-bond acceptors (Lipinski definition) is 7. The number of nitriles is 1. The lowest BCUT2D eigenvalue weighted by molar-refractivity contribution is 1.02. The van der Waals surface area contributed by atoms with Crippen molar-refractivity contribution >= 4 is 17.7 Å². The van der Waals surface area contributed by atoms with Gasteiger partial charge in [0.15, 0.2) is 0 Å². The lowest BCUT2D eigenvalue weighted by atomic mass is 10.2. The molecule has 0 amide bonds. The SMILES string of the molecule is N#Cc1c(SCCc2ccccn2)nc(N)nc1-c1ccccn1. The third kappa shape index (κ3) is 3.67. The second kappa shape index (κ2) is 7.53. The van der Waals surface area contributed by atoms with Gasteiger partial charge in [0.1, 0.15) is 22.4 Å². The van der Waals surface area contributed by atoms with Gasteiger partial charge in [0.2, 0.25) is 5.95 Å². The average molecular weight is 334 g/mol. The third-order valence-electron chi connectivity index (χ3n) is 3.24. The number of aromatic nitrogens is 4. The fourth-order valence-corrected chi connectivity index (χ4v) is 3.10. The van der Waals surface area contributed by atoms with Crippen molar-refractivity contribution in [2.75, 3.05) is 11.5 Å². The molecule has 118 valence electrons. The van der Waals surface area contributed by atoms with Crippen molar-refractivity contribution in [3.8, 4) is 17.5 Å². The fraction of sp³-hybridized carbons (Fsp3) is 0.118. The number of rotatable bonds is 5. The molecule has 6 nitrogen and oxygen atoms in total. The van der Waals surface area contributed by atoms with Crippen LogP contribution in [-0.4, -0.2) is 25.7 Å². The number of thioether (sulfide) groups is 1. The van der Waals surface area contributed by atoms with Crippen molar-refractivity contribution in [2.45, 2.75) is 11.4 Å². The van der Waals surface area contributed by atoms with Gasteiger partial charge in [-0.1, -0.05) is 12.1 Å². The zero-order valence-corrected chi connectivity index (χ0v) is 13.6. The van der Waals surface area contributed by atoms with Crippen molar-refractivity contribution in [1.29, 1.82) is 5.26 Å². The molecule has 0 bridgehead atoms. The highest BCUT2D eigenvalue weighted by Gasteiger charge is 2.16. The molecular formula is C17H14N6S. The van der Waals surface area contributed by atoms with Gasteiger partial charge < -0.3 is 5.73 Å². The van der Waals surface area contributed by atoms with Crippen LogP contribution in [0, 0.1) is 11.3 Å². The van der Waals surface area contributed by atoms with Gasteiger partial charge in [-0.05, 0) is 30.7 Å². The molecule has 2 N–H and O–H groups in total. The third-order valence-corrected chi connectivity index (χ3v) is 4.21. The fourth-order valence-electron chi connectivity index (χ4n) is 2.15. The molecule has 3 heterocycles. The van der Waals surface area contributed by atoms with Crippen LogP contribution >= 0.6 is 11.8 Å². The molecule has 0 aliphatic rings. The number of aryl methyl sites for hydroxylation is 1. The van der Waals surface area contributed by atoms with Gasteiger partial charge in [-0.15, -0.1) is 11.8 Å². The van der Waals surface area contributed by atoms with Gasteiger partial charge in [-0.3, -0.25) is 9.97 Å². The lowest BCUT2D eigenvalue weighted by Gasteiger charge is -2.08. The summed E-state index contributed by atoms with van der Waals surface area (Å²) < 4.78 is 0. The molecule has 0 spiro atoms. The van der Waals surface area contributed by atoms with E-state index in [4.69, 9.17) is 5.73 Å². The van der Waals surface area contributed by atoms with E-state index in [2.05, 4.69) is 26.0 Å². The van der Waals surface area contributed by atoms with Gasteiger partial charge in [-0.2, -0.15) is 5.26 Å². The molecule has 0 unspecified atom stereocenters. The summed E-state index contributed by atoms with van der Waals surface area (Å²) in [5.41, 5.74) is 8.28. The summed E-state index contributed by atoms with van der Waals surface area (Å²) in [6, 6.07) is 13.4. The zero-order valence-electron chi connectivity index (χ0n) is 12.8. The van der Waals surface area contributed by atoms with E-state index >= 15 is 0 Å². The van der Waals surface area contributed by atoms with E-state index in [-0.39, 0.29) is 5.95 Å². The smallest absolute Gasteiger partial charge is 0.221 e. The van der Waals surface area contributed by atoms with Gasteiger partial charge in [0.05, 0.1) is 5.69 Å². The first-order chi connectivity index (χ1) is 11.8. The van der Waals surface area contributed by atoms with Crippen molar-refractivity contribution in [3.63, 3.8) is 0 Å². The number of anilines is 1. The summed E-state index contributed by atoms with van der Waals surface area (Å²) in [6.07, 6.45) is 4.20. The van der Waals surface area contributed by atoms with Crippen LogP contribution in [0.3, 0.4) is 0 Å². The van der Waals surface area contributed by atoms with Crippen LogP contribution in [0.4, 0.5) is 5.95 Å². The first-order valence-electron chi connectivity index (χ1n) is 7.29. The molecule has 0 aromatic carbocycles. The summed E-state index contributed by atoms with van der Waals surface area (Å²) in [5, 5.41) is 10.1. The van der Waals surface area contributed by atoms with Crippen LogP contribution in [0.5, 0.6) is 0 Å². The Labute approximate surface area is 143 Å². The molecule has 0 fully saturated rings. The van der Waals surface area contributed by atoms with E-state index in [0.717, 1.165) is 17.9 Å². The molecule has 7 heteroatoms. The maximum Gasteiger partial charge on any atom is 0.221 e. The van der Waals surface area contributed by atoms with E-state index in [9.17, 15) is 5.26 Å². The zero-order chi connectivity index (χ0) is 16.8. The van der Waals surface area contributed by atoms with Crippen LogP contribution in [0.15, 0.2) is 53.8 Å². The lowest BCUT2D eigenvalue weighted by Crippen LogP contribution is -2.04. The highest BCUT2D eigenvalue weighted by Crippen LogP contribution is 2.28. The average Bonchev–Trinajstić information content (AvgIpc) is 2.63. The van der Waals surface area contributed by atoms with Gasteiger partial charge in [0.25, 0.3) is 0 Å². The number of nitrogens with zero attached hydrogens (tertiary/aromatic N) is 5. The minimum absolute atomic E-state index is 0.134. The molecule has 0 saturated carbocycles. The molecule has 3 aromatic heterocycles. The predicted molar refractivity (Wildman–Crippen MR) is 93.1 cm³/mol. The largest absolute Gasteiger partial charge is 0.368 e. The molecule has 0 aliphatic carbocycles. The molecule has 3 rings (SSSR count). The predicted octanol–water partition coefficient (Wildman–Crippen LogP) is 2.72. The Morgan fingerprint density at radius 1 is 1.04 bits per heavy atom. The minimum atomic E-state index is 0.134. The first-order valence-corrected chi connectivity index (χ1v) is 8.28. The quantitative estimate of drug-likeness (QED) is 0.565. The van der Waals surface area contributed by atoms with Crippen LogP contribution in [0.1, 0.15) is 11.3 Å². The van der Waals surface area contributed by atoms with Crippen molar-refractivity contribution in [3.05, 3.63) is 60.0 Å². The summed E-state index contributed by atoms with van der Waals surface area (Å²) in [5.74, 6) is 0.874. The van der Waals surface area contributed by atoms with Crippen LogP contribution in [0.2, 0.25) is 0 Å².